The summed E-state index contributed by atoms with van der Waals surface area (Å²) in [6.07, 6.45) is 1.94. The Morgan fingerprint density at radius 1 is 1.58 bits per heavy atom. The molecule has 2 rings (SSSR count). The van der Waals surface area contributed by atoms with Crippen molar-refractivity contribution in [3.05, 3.63) is 29.6 Å². The lowest BCUT2D eigenvalue weighted by molar-refractivity contribution is 0.0712. The molecule has 19 heavy (non-hydrogen) atoms. The minimum atomic E-state index is -0.556. The summed E-state index contributed by atoms with van der Waals surface area (Å²) in [6, 6.07) is 4.12. The van der Waals surface area contributed by atoms with Crippen LogP contribution >= 0.6 is 0 Å². The summed E-state index contributed by atoms with van der Waals surface area (Å²) in [6.45, 7) is 2.60. The van der Waals surface area contributed by atoms with Crippen molar-refractivity contribution in [3.63, 3.8) is 0 Å². The van der Waals surface area contributed by atoms with E-state index in [1.807, 2.05) is 6.92 Å². The highest BCUT2D eigenvalue weighted by Crippen LogP contribution is 2.20. The standard InChI is InChI=1S/C13H18FN3O2/c1-8(11-6-3-7-19-11)16-13(18)9-4-2-5-10(14)12(9)17-15/h2,4-5,8,11,17H,3,6-7,15H2,1H3,(H,16,18). The number of nitrogens with two attached hydrogens (primary N) is 1. The van der Waals surface area contributed by atoms with Crippen LogP contribution in [0, 0.1) is 5.82 Å². The number of para-hydroxylation sites is 1. The molecule has 1 saturated heterocycles. The third-order valence-electron chi connectivity index (χ3n) is 3.28. The summed E-state index contributed by atoms with van der Waals surface area (Å²) in [4.78, 5) is 12.1. The fourth-order valence-corrected chi connectivity index (χ4v) is 2.23. The van der Waals surface area contributed by atoms with Crippen molar-refractivity contribution in [2.75, 3.05) is 12.0 Å². The minimum absolute atomic E-state index is 0.000426. The average Bonchev–Trinajstić information content (AvgIpc) is 2.92. The number of carbonyl (C=O) groups excluding carboxylic acids is 1. The number of nitrogen functional groups attached to an aromatic ring is 1. The third-order valence-corrected chi connectivity index (χ3v) is 3.28. The van der Waals surface area contributed by atoms with Crippen molar-refractivity contribution in [1.82, 2.24) is 5.32 Å². The predicted molar refractivity (Wildman–Crippen MR) is 70.1 cm³/mol. The number of nitrogens with one attached hydrogen (secondary N) is 2. The Bertz CT molecular complexity index is 461. The van der Waals surface area contributed by atoms with Gasteiger partial charge in [0.05, 0.1) is 23.4 Å². The van der Waals surface area contributed by atoms with E-state index in [-0.39, 0.29) is 29.3 Å². The van der Waals surface area contributed by atoms with Crippen LogP contribution in [0.25, 0.3) is 0 Å². The number of benzene rings is 1. The zero-order valence-electron chi connectivity index (χ0n) is 10.8. The SMILES string of the molecule is CC(NC(=O)c1cccc(F)c1NN)C1CCCO1. The molecule has 1 aromatic carbocycles. The summed E-state index contributed by atoms with van der Waals surface area (Å²) in [5.74, 6) is 4.33. The van der Waals surface area contributed by atoms with Crippen LogP contribution in [0.4, 0.5) is 10.1 Å². The molecular weight excluding hydrogens is 249 g/mol. The van der Waals surface area contributed by atoms with Crippen LogP contribution in [0.1, 0.15) is 30.1 Å². The maximum atomic E-state index is 13.5. The third kappa shape index (κ3) is 3.02. The second-order valence-corrected chi connectivity index (χ2v) is 4.62. The molecule has 0 radical (unpaired) electrons. The molecule has 1 amide bonds. The Labute approximate surface area is 111 Å². The highest BCUT2D eigenvalue weighted by molar-refractivity contribution is 5.99. The largest absolute Gasteiger partial charge is 0.376 e. The van der Waals surface area contributed by atoms with E-state index in [1.165, 1.54) is 18.2 Å². The molecule has 1 aromatic rings. The predicted octanol–water partition coefficient (Wildman–Crippen LogP) is 1.41. The Hall–Kier alpha value is -1.66. The van der Waals surface area contributed by atoms with Gasteiger partial charge in [-0.2, -0.15) is 0 Å². The molecule has 1 aliphatic heterocycles. The summed E-state index contributed by atoms with van der Waals surface area (Å²) in [7, 11) is 0. The van der Waals surface area contributed by atoms with Crippen molar-refractivity contribution < 1.29 is 13.9 Å². The van der Waals surface area contributed by atoms with E-state index in [9.17, 15) is 9.18 Å². The first-order valence-electron chi connectivity index (χ1n) is 6.31. The van der Waals surface area contributed by atoms with Gasteiger partial charge in [0.1, 0.15) is 5.82 Å². The van der Waals surface area contributed by atoms with Crippen LogP contribution in [0.2, 0.25) is 0 Å². The number of anilines is 1. The lowest BCUT2D eigenvalue weighted by Crippen LogP contribution is -2.41. The second kappa shape index (κ2) is 5.99. The molecule has 2 unspecified atom stereocenters. The summed E-state index contributed by atoms with van der Waals surface area (Å²) in [5.41, 5.74) is 2.41. The van der Waals surface area contributed by atoms with E-state index < -0.39 is 5.82 Å². The quantitative estimate of drug-likeness (QED) is 0.569. The van der Waals surface area contributed by atoms with E-state index >= 15 is 0 Å². The number of hydrogen-bond acceptors (Lipinski definition) is 4. The maximum Gasteiger partial charge on any atom is 0.253 e. The van der Waals surface area contributed by atoms with Gasteiger partial charge >= 0.3 is 0 Å². The van der Waals surface area contributed by atoms with Gasteiger partial charge < -0.3 is 15.5 Å². The number of hydrazine groups is 1. The zero-order valence-corrected chi connectivity index (χ0v) is 10.8. The van der Waals surface area contributed by atoms with Crippen molar-refractivity contribution in [2.45, 2.75) is 31.9 Å². The van der Waals surface area contributed by atoms with Gasteiger partial charge in [0.15, 0.2) is 0 Å². The van der Waals surface area contributed by atoms with Gasteiger partial charge in [0.2, 0.25) is 0 Å². The molecule has 0 saturated carbocycles. The molecule has 0 bridgehead atoms. The van der Waals surface area contributed by atoms with Gasteiger partial charge in [0, 0.05) is 6.61 Å². The Morgan fingerprint density at radius 3 is 3.00 bits per heavy atom. The number of rotatable bonds is 4. The summed E-state index contributed by atoms with van der Waals surface area (Å²) < 4.78 is 19.0. The van der Waals surface area contributed by atoms with E-state index in [0.29, 0.717) is 0 Å². The van der Waals surface area contributed by atoms with Crippen molar-refractivity contribution in [2.24, 2.45) is 5.84 Å². The molecule has 5 nitrogen and oxygen atoms in total. The molecule has 4 N–H and O–H groups in total. The highest BCUT2D eigenvalue weighted by atomic mass is 19.1. The first kappa shape index (κ1) is 13.8. The summed E-state index contributed by atoms with van der Waals surface area (Å²) >= 11 is 0. The van der Waals surface area contributed by atoms with E-state index in [4.69, 9.17) is 10.6 Å². The maximum absolute atomic E-state index is 13.5. The minimum Gasteiger partial charge on any atom is -0.376 e. The second-order valence-electron chi connectivity index (χ2n) is 4.62. The molecular formula is C13H18FN3O2. The Morgan fingerprint density at radius 2 is 2.37 bits per heavy atom. The Kier molecular flexibility index (Phi) is 4.34. The van der Waals surface area contributed by atoms with Gasteiger partial charge in [-0.3, -0.25) is 10.6 Å². The number of hydrogen-bond donors (Lipinski definition) is 3. The van der Waals surface area contributed by atoms with Crippen LogP contribution in [0.3, 0.4) is 0 Å². The lowest BCUT2D eigenvalue weighted by atomic mass is 10.1. The number of ether oxygens (including phenoxy) is 1. The fourth-order valence-electron chi connectivity index (χ4n) is 2.23. The van der Waals surface area contributed by atoms with Gasteiger partial charge in [-0.15, -0.1) is 0 Å². The molecule has 0 aromatic heterocycles. The van der Waals surface area contributed by atoms with Crippen LogP contribution in [0.5, 0.6) is 0 Å². The molecule has 6 heteroatoms. The molecule has 0 spiro atoms. The van der Waals surface area contributed by atoms with Gasteiger partial charge in [0.25, 0.3) is 5.91 Å². The average molecular weight is 267 g/mol. The van der Waals surface area contributed by atoms with Crippen molar-refractivity contribution >= 4 is 11.6 Å². The smallest absolute Gasteiger partial charge is 0.253 e. The van der Waals surface area contributed by atoms with E-state index in [1.54, 1.807) is 0 Å². The molecule has 2 atom stereocenters. The van der Waals surface area contributed by atoms with Gasteiger partial charge in [-0.25, -0.2) is 4.39 Å². The van der Waals surface area contributed by atoms with E-state index in [2.05, 4.69) is 10.7 Å². The first-order chi connectivity index (χ1) is 9.13. The normalized spacial score (nSPS) is 20.1. The number of amides is 1. The molecule has 1 aliphatic rings. The number of halogens is 1. The Balaban J connectivity index is 2.09. The van der Waals surface area contributed by atoms with Crippen molar-refractivity contribution in [3.8, 4) is 0 Å². The van der Waals surface area contributed by atoms with Crippen LogP contribution in [-0.2, 0) is 4.74 Å². The molecule has 1 fully saturated rings. The van der Waals surface area contributed by atoms with Gasteiger partial charge in [-0.1, -0.05) is 6.07 Å². The fraction of sp³-hybridized carbons (Fsp3) is 0.462. The van der Waals surface area contributed by atoms with Crippen LogP contribution in [-0.4, -0.2) is 24.7 Å². The molecule has 1 heterocycles. The van der Waals surface area contributed by atoms with Gasteiger partial charge in [-0.05, 0) is 31.9 Å². The highest BCUT2D eigenvalue weighted by Gasteiger charge is 2.25. The molecule has 104 valence electrons. The van der Waals surface area contributed by atoms with Crippen LogP contribution in [0.15, 0.2) is 18.2 Å². The lowest BCUT2D eigenvalue weighted by Gasteiger charge is -2.20. The van der Waals surface area contributed by atoms with Crippen molar-refractivity contribution in [1.29, 1.82) is 0 Å². The van der Waals surface area contributed by atoms with E-state index in [0.717, 1.165) is 19.4 Å². The monoisotopic (exact) mass is 267 g/mol. The van der Waals surface area contributed by atoms with Crippen LogP contribution < -0.4 is 16.6 Å². The first-order valence-corrected chi connectivity index (χ1v) is 6.31. The summed E-state index contributed by atoms with van der Waals surface area (Å²) in [5, 5.41) is 2.81. The number of carbonyl (C=O) groups is 1. The topological polar surface area (TPSA) is 76.4 Å². The molecule has 0 aliphatic carbocycles. The zero-order chi connectivity index (χ0) is 13.8.